The highest BCUT2D eigenvalue weighted by Crippen LogP contribution is 2.36. The monoisotopic (exact) mass is 441 g/mol. The first-order valence-corrected chi connectivity index (χ1v) is 9.55. The van der Waals surface area contributed by atoms with Crippen LogP contribution in [0.15, 0.2) is 18.2 Å². The van der Waals surface area contributed by atoms with Gasteiger partial charge in [-0.1, -0.05) is 13.0 Å². The van der Waals surface area contributed by atoms with Crippen LogP contribution in [-0.2, 0) is 23.8 Å². The predicted octanol–water partition coefficient (Wildman–Crippen LogP) is 2.45. The van der Waals surface area contributed by atoms with E-state index in [1.165, 1.54) is 25.1 Å². The van der Waals surface area contributed by atoms with Gasteiger partial charge in [-0.2, -0.15) is 0 Å². The first-order valence-electron chi connectivity index (χ1n) is 9.55. The third kappa shape index (κ3) is 8.13. The zero-order chi connectivity index (χ0) is 23.6. The van der Waals surface area contributed by atoms with Gasteiger partial charge in [-0.3, -0.25) is 9.59 Å². The highest BCUT2D eigenvalue weighted by Gasteiger charge is 2.32. The van der Waals surface area contributed by atoms with Crippen molar-refractivity contribution in [3.63, 3.8) is 0 Å². The van der Waals surface area contributed by atoms with Crippen molar-refractivity contribution in [2.24, 2.45) is 11.7 Å². The molecule has 31 heavy (non-hydrogen) atoms. The quantitative estimate of drug-likeness (QED) is 0.312. The van der Waals surface area contributed by atoms with E-state index in [9.17, 15) is 24.3 Å². The number of ether oxygens (including phenoxy) is 5. The van der Waals surface area contributed by atoms with Crippen molar-refractivity contribution < 1.29 is 48.0 Å². The Balaban J connectivity index is 3.36. The first-order chi connectivity index (χ1) is 14.6. The van der Waals surface area contributed by atoms with Gasteiger partial charge in [0.2, 0.25) is 0 Å². The van der Waals surface area contributed by atoms with Crippen LogP contribution in [0.2, 0.25) is 0 Å². The molecule has 0 saturated heterocycles. The van der Waals surface area contributed by atoms with E-state index in [2.05, 4.69) is 0 Å². The topological polar surface area (TPSA) is 161 Å². The Morgan fingerprint density at radius 1 is 0.968 bits per heavy atom. The molecule has 2 unspecified atom stereocenters. The highest BCUT2D eigenvalue weighted by molar-refractivity contribution is 5.75. The number of carbonyl (C=O) groups is 4. The van der Waals surface area contributed by atoms with Crippen molar-refractivity contribution in [2.75, 3.05) is 19.8 Å². The van der Waals surface area contributed by atoms with Gasteiger partial charge in [-0.25, -0.2) is 9.59 Å². The van der Waals surface area contributed by atoms with Crippen molar-refractivity contribution in [2.45, 2.75) is 39.7 Å². The number of esters is 1. The van der Waals surface area contributed by atoms with E-state index in [4.69, 9.17) is 29.4 Å². The zero-order valence-electron chi connectivity index (χ0n) is 17.8. The van der Waals surface area contributed by atoms with Crippen LogP contribution in [0.4, 0.5) is 9.59 Å². The molecule has 0 saturated carbocycles. The normalized spacial score (nSPS) is 13.3. The highest BCUT2D eigenvalue weighted by atomic mass is 16.7. The van der Waals surface area contributed by atoms with Gasteiger partial charge in [0, 0.05) is 12.8 Å². The summed E-state index contributed by atoms with van der Waals surface area (Å²) in [4.78, 5) is 46.2. The van der Waals surface area contributed by atoms with Crippen LogP contribution in [0.25, 0.3) is 0 Å². The molecule has 0 radical (unpaired) electrons. The van der Waals surface area contributed by atoms with Crippen molar-refractivity contribution in [3.05, 3.63) is 23.8 Å². The number of nitrogens with two attached hydrogens (primary N) is 1. The van der Waals surface area contributed by atoms with E-state index >= 15 is 0 Å². The maximum absolute atomic E-state index is 11.8. The summed E-state index contributed by atoms with van der Waals surface area (Å²) in [5, 5.41) is 9.43. The SMILES string of the molecule is CCOC(=O)Oc1ccc(C(C(C)COC(C)=O)[C@H](N)C(=O)O)cc1OC(=O)OCC. The minimum atomic E-state index is -1.36. The molecule has 0 fully saturated rings. The Bertz CT molecular complexity index is 794. The summed E-state index contributed by atoms with van der Waals surface area (Å²) in [6.07, 6.45) is -2.08. The second-order valence-electron chi connectivity index (χ2n) is 6.45. The van der Waals surface area contributed by atoms with E-state index in [0.717, 1.165) is 0 Å². The molecule has 0 aromatic heterocycles. The summed E-state index contributed by atoms with van der Waals surface area (Å²) in [6, 6.07) is 2.71. The predicted molar refractivity (Wildman–Crippen MR) is 106 cm³/mol. The minimum absolute atomic E-state index is 0.0402. The molecule has 0 aliphatic heterocycles. The average Bonchev–Trinajstić information content (AvgIpc) is 2.68. The number of hydrogen-bond acceptors (Lipinski definition) is 10. The number of rotatable bonds is 10. The van der Waals surface area contributed by atoms with Crippen LogP contribution in [0.1, 0.15) is 39.2 Å². The molecule has 172 valence electrons. The third-order valence-corrected chi connectivity index (χ3v) is 4.10. The number of hydrogen-bond donors (Lipinski definition) is 2. The largest absolute Gasteiger partial charge is 0.513 e. The fraction of sp³-hybridized carbons (Fsp3) is 0.500. The maximum atomic E-state index is 11.8. The van der Waals surface area contributed by atoms with Crippen LogP contribution in [0.3, 0.4) is 0 Å². The standard InChI is InChI=1S/C20H27NO10/c1-5-27-19(25)30-14-8-7-13(9-15(14)31-20(26)28-6-2)16(17(21)18(23)24)11(3)10-29-12(4)22/h7-9,11,16-17H,5-6,10,21H2,1-4H3,(H,23,24)/t11?,16?,17-/m0/s1. The van der Waals surface area contributed by atoms with Gasteiger partial charge < -0.3 is 34.5 Å². The molecule has 1 aromatic rings. The van der Waals surface area contributed by atoms with E-state index < -0.39 is 42.1 Å². The molecule has 3 N–H and O–H groups in total. The Kier molecular flexibility index (Phi) is 10.3. The molecule has 0 aliphatic rings. The van der Waals surface area contributed by atoms with Crippen LogP contribution in [0.5, 0.6) is 11.5 Å². The molecule has 0 aliphatic carbocycles. The molecule has 0 heterocycles. The van der Waals surface area contributed by atoms with Gasteiger partial charge in [0.25, 0.3) is 0 Å². The van der Waals surface area contributed by atoms with Gasteiger partial charge in [-0.05, 0) is 37.5 Å². The summed E-state index contributed by atoms with van der Waals surface area (Å²) >= 11 is 0. The van der Waals surface area contributed by atoms with E-state index in [1.54, 1.807) is 20.8 Å². The van der Waals surface area contributed by atoms with Crippen molar-refractivity contribution in [3.8, 4) is 11.5 Å². The fourth-order valence-electron chi connectivity index (χ4n) is 2.77. The van der Waals surface area contributed by atoms with Gasteiger partial charge in [-0.15, -0.1) is 0 Å². The molecule has 0 bridgehead atoms. The van der Waals surface area contributed by atoms with Crippen molar-refractivity contribution in [1.82, 2.24) is 0 Å². The molecule has 3 atom stereocenters. The van der Waals surface area contributed by atoms with Crippen LogP contribution in [-0.4, -0.2) is 55.2 Å². The second-order valence-corrected chi connectivity index (χ2v) is 6.45. The lowest BCUT2D eigenvalue weighted by Gasteiger charge is -2.27. The maximum Gasteiger partial charge on any atom is 0.513 e. The number of benzene rings is 1. The molecule has 11 nitrogen and oxygen atoms in total. The van der Waals surface area contributed by atoms with Crippen molar-refractivity contribution in [1.29, 1.82) is 0 Å². The molecule has 1 rings (SSSR count). The summed E-state index contributed by atoms with van der Waals surface area (Å²) in [7, 11) is 0. The Hall–Kier alpha value is -3.34. The Labute approximate surface area is 179 Å². The van der Waals surface area contributed by atoms with Gasteiger partial charge in [0.05, 0.1) is 19.8 Å². The Morgan fingerprint density at radius 2 is 1.52 bits per heavy atom. The van der Waals surface area contributed by atoms with Crippen LogP contribution in [0, 0.1) is 5.92 Å². The molecular weight excluding hydrogens is 414 g/mol. The fourth-order valence-corrected chi connectivity index (χ4v) is 2.77. The average molecular weight is 441 g/mol. The number of carboxylic acids is 1. The van der Waals surface area contributed by atoms with E-state index in [1.807, 2.05) is 0 Å². The smallest absolute Gasteiger partial charge is 0.480 e. The first kappa shape index (κ1) is 25.7. The summed E-state index contributed by atoms with van der Waals surface area (Å²) in [6.45, 7) is 6.06. The third-order valence-electron chi connectivity index (χ3n) is 4.10. The molecule has 1 aromatic carbocycles. The number of carbonyl (C=O) groups excluding carboxylic acids is 3. The molecule has 11 heteroatoms. The summed E-state index contributed by atoms with van der Waals surface area (Å²) in [5.41, 5.74) is 6.23. The van der Waals surface area contributed by atoms with Gasteiger partial charge in [0.15, 0.2) is 11.5 Å². The van der Waals surface area contributed by atoms with Crippen molar-refractivity contribution >= 4 is 24.2 Å². The summed E-state index contributed by atoms with van der Waals surface area (Å²) in [5.74, 6) is -3.50. The van der Waals surface area contributed by atoms with E-state index in [-0.39, 0.29) is 31.3 Å². The number of carboxylic acid groups (broad SMARTS) is 1. The van der Waals surface area contributed by atoms with Crippen LogP contribution >= 0.6 is 0 Å². The Morgan fingerprint density at radius 3 is 2.00 bits per heavy atom. The lowest BCUT2D eigenvalue weighted by atomic mass is 9.82. The van der Waals surface area contributed by atoms with Gasteiger partial charge >= 0.3 is 24.2 Å². The zero-order valence-corrected chi connectivity index (χ0v) is 17.8. The van der Waals surface area contributed by atoms with E-state index in [0.29, 0.717) is 5.56 Å². The molecular formula is C20H27NO10. The lowest BCUT2D eigenvalue weighted by Crippen LogP contribution is -2.40. The molecule has 0 amide bonds. The molecule has 0 spiro atoms. The van der Waals surface area contributed by atoms with Crippen LogP contribution < -0.4 is 15.2 Å². The second kappa shape index (κ2) is 12.4. The minimum Gasteiger partial charge on any atom is -0.480 e. The summed E-state index contributed by atoms with van der Waals surface area (Å²) < 4.78 is 24.6. The lowest BCUT2D eigenvalue weighted by molar-refractivity contribution is -0.142. The number of aliphatic carboxylic acids is 1. The van der Waals surface area contributed by atoms with Gasteiger partial charge in [0.1, 0.15) is 6.04 Å².